The van der Waals surface area contributed by atoms with E-state index in [0.717, 1.165) is 16.5 Å². The summed E-state index contributed by atoms with van der Waals surface area (Å²) < 4.78 is 0. The molecule has 3 rings (SSSR count). The number of hydrogen-bond acceptors (Lipinski definition) is 1. The zero-order valence-corrected chi connectivity index (χ0v) is 10.7. The van der Waals surface area contributed by atoms with Crippen molar-refractivity contribution in [2.45, 2.75) is 0 Å². The van der Waals surface area contributed by atoms with Crippen molar-refractivity contribution in [3.63, 3.8) is 0 Å². The van der Waals surface area contributed by atoms with Crippen molar-refractivity contribution in [3.05, 3.63) is 66.7 Å². The Kier molecular flexibility index (Phi) is 3.09. The summed E-state index contributed by atoms with van der Waals surface area (Å²) >= 11 is 0. The number of carboxylic acid groups (broad SMARTS) is 1. The van der Waals surface area contributed by atoms with Gasteiger partial charge in [0.2, 0.25) is 0 Å². The molecule has 0 aliphatic carbocycles. The van der Waals surface area contributed by atoms with E-state index in [4.69, 9.17) is 5.11 Å². The van der Waals surface area contributed by atoms with Gasteiger partial charge in [0.25, 0.3) is 0 Å². The maximum atomic E-state index is 10.9. The first-order valence-corrected chi connectivity index (χ1v) is 6.32. The van der Waals surface area contributed by atoms with Crippen LogP contribution in [0.1, 0.15) is 0 Å². The van der Waals surface area contributed by atoms with Gasteiger partial charge in [0.1, 0.15) is 0 Å². The fourth-order valence-corrected chi connectivity index (χ4v) is 2.32. The molecule has 0 unspecified atom stereocenters. The smallest absolute Gasteiger partial charge is 0.409 e. The van der Waals surface area contributed by atoms with Crippen LogP contribution in [0.3, 0.4) is 0 Å². The van der Waals surface area contributed by atoms with Crippen LogP contribution in [0.4, 0.5) is 10.5 Å². The number of rotatable bonds is 2. The Balaban J connectivity index is 2.13. The van der Waals surface area contributed by atoms with Gasteiger partial charge in [-0.3, -0.25) is 5.32 Å². The van der Waals surface area contributed by atoms with E-state index in [2.05, 4.69) is 17.4 Å². The molecule has 20 heavy (non-hydrogen) atoms. The first-order chi connectivity index (χ1) is 9.74. The van der Waals surface area contributed by atoms with E-state index in [9.17, 15) is 4.79 Å². The molecule has 0 atom stereocenters. The molecular formula is C17H13NO2. The second-order valence-electron chi connectivity index (χ2n) is 4.54. The van der Waals surface area contributed by atoms with Crippen molar-refractivity contribution < 1.29 is 9.90 Å². The van der Waals surface area contributed by atoms with E-state index in [1.54, 1.807) is 6.07 Å². The van der Waals surface area contributed by atoms with Crippen LogP contribution in [0.15, 0.2) is 66.7 Å². The molecule has 0 saturated heterocycles. The lowest BCUT2D eigenvalue weighted by Crippen LogP contribution is -2.08. The zero-order chi connectivity index (χ0) is 13.9. The van der Waals surface area contributed by atoms with Crippen LogP contribution in [0, 0.1) is 0 Å². The Morgan fingerprint density at radius 2 is 1.55 bits per heavy atom. The Labute approximate surface area is 116 Å². The van der Waals surface area contributed by atoms with E-state index in [1.165, 1.54) is 5.39 Å². The number of carbonyl (C=O) groups is 1. The van der Waals surface area contributed by atoms with Crippen molar-refractivity contribution >= 4 is 22.6 Å². The Hall–Kier alpha value is -2.81. The van der Waals surface area contributed by atoms with Crippen LogP contribution in [0.5, 0.6) is 0 Å². The van der Waals surface area contributed by atoms with Crippen molar-refractivity contribution in [1.82, 2.24) is 0 Å². The Morgan fingerprint density at radius 3 is 2.35 bits per heavy atom. The lowest BCUT2D eigenvalue weighted by atomic mass is 10.00. The average molecular weight is 263 g/mol. The molecule has 0 aliphatic heterocycles. The number of anilines is 1. The van der Waals surface area contributed by atoms with Gasteiger partial charge in [-0.1, -0.05) is 54.6 Å². The molecule has 2 N–H and O–H groups in total. The first kappa shape index (κ1) is 12.2. The standard InChI is InChI=1S/C17H13NO2/c19-17(20)18-16-8-4-3-7-15(16)14-10-9-12-5-1-2-6-13(12)11-14/h1-11,18H,(H,19,20). The minimum atomic E-state index is -1.06. The molecule has 3 heteroatoms. The van der Waals surface area contributed by atoms with Gasteiger partial charge in [-0.15, -0.1) is 0 Å². The lowest BCUT2D eigenvalue weighted by molar-refractivity contribution is 0.210. The molecule has 3 aromatic carbocycles. The van der Waals surface area contributed by atoms with Crippen molar-refractivity contribution in [3.8, 4) is 11.1 Å². The maximum Gasteiger partial charge on any atom is 0.409 e. The van der Waals surface area contributed by atoms with E-state index in [-0.39, 0.29) is 0 Å². The third-order valence-corrected chi connectivity index (χ3v) is 3.23. The number of amides is 1. The minimum Gasteiger partial charge on any atom is -0.465 e. The summed E-state index contributed by atoms with van der Waals surface area (Å²) in [5, 5.41) is 13.6. The van der Waals surface area contributed by atoms with Gasteiger partial charge in [-0.2, -0.15) is 0 Å². The summed E-state index contributed by atoms with van der Waals surface area (Å²) in [5.74, 6) is 0. The highest BCUT2D eigenvalue weighted by Crippen LogP contribution is 2.30. The summed E-state index contributed by atoms with van der Waals surface area (Å²) in [7, 11) is 0. The Morgan fingerprint density at radius 1 is 0.850 bits per heavy atom. The highest BCUT2D eigenvalue weighted by molar-refractivity contribution is 5.93. The van der Waals surface area contributed by atoms with Crippen LogP contribution in [-0.2, 0) is 0 Å². The third-order valence-electron chi connectivity index (χ3n) is 3.23. The largest absolute Gasteiger partial charge is 0.465 e. The molecule has 0 aromatic heterocycles. The van der Waals surface area contributed by atoms with Gasteiger partial charge >= 0.3 is 6.09 Å². The van der Waals surface area contributed by atoms with Crippen molar-refractivity contribution in [2.75, 3.05) is 5.32 Å². The predicted octanol–water partition coefficient (Wildman–Crippen LogP) is 4.60. The molecule has 0 bridgehead atoms. The van der Waals surface area contributed by atoms with Gasteiger partial charge in [-0.05, 0) is 28.5 Å². The zero-order valence-electron chi connectivity index (χ0n) is 10.7. The van der Waals surface area contributed by atoms with Crippen molar-refractivity contribution in [2.24, 2.45) is 0 Å². The molecule has 0 aliphatic rings. The molecule has 3 nitrogen and oxygen atoms in total. The van der Waals surface area contributed by atoms with Gasteiger partial charge in [0.15, 0.2) is 0 Å². The molecule has 0 fully saturated rings. The minimum absolute atomic E-state index is 0.593. The molecule has 0 saturated carbocycles. The van der Waals surface area contributed by atoms with Gasteiger partial charge < -0.3 is 5.11 Å². The second-order valence-corrected chi connectivity index (χ2v) is 4.54. The first-order valence-electron chi connectivity index (χ1n) is 6.32. The molecule has 98 valence electrons. The van der Waals surface area contributed by atoms with E-state index < -0.39 is 6.09 Å². The predicted molar refractivity (Wildman–Crippen MR) is 81.0 cm³/mol. The van der Waals surface area contributed by atoms with Crippen LogP contribution in [0.25, 0.3) is 21.9 Å². The normalized spacial score (nSPS) is 10.4. The fraction of sp³-hybridized carbons (Fsp3) is 0. The number of para-hydroxylation sites is 1. The summed E-state index contributed by atoms with van der Waals surface area (Å²) in [6.45, 7) is 0. The number of fused-ring (bicyclic) bond motifs is 1. The molecular weight excluding hydrogens is 250 g/mol. The highest BCUT2D eigenvalue weighted by Gasteiger charge is 2.07. The van der Waals surface area contributed by atoms with Gasteiger partial charge in [-0.25, -0.2) is 4.79 Å². The third kappa shape index (κ3) is 2.34. The van der Waals surface area contributed by atoms with E-state index >= 15 is 0 Å². The summed E-state index contributed by atoms with van der Waals surface area (Å²) in [4.78, 5) is 10.9. The number of benzene rings is 3. The second kappa shape index (κ2) is 5.05. The number of nitrogens with one attached hydrogen (secondary N) is 1. The average Bonchev–Trinajstić information content (AvgIpc) is 2.47. The summed E-state index contributed by atoms with van der Waals surface area (Å²) in [5.41, 5.74) is 2.46. The summed E-state index contributed by atoms with van der Waals surface area (Å²) in [6, 6.07) is 21.6. The molecule has 0 heterocycles. The lowest BCUT2D eigenvalue weighted by Gasteiger charge is -2.10. The van der Waals surface area contributed by atoms with Gasteiger partial charge in [0, 0.05) is 5.56 Å². The molecule has 0 radical (unpaired) electrons. The van der Waals surface area contributed by atoms with E-state index in [0.29, 0.717) is 5.69 Å². The topological polar surface area (TPSA) is 49.3 Å². The van der Waals surface area contributed by atoms with Crippen molar-refractivity contribution in [1.29, 1.82) is 0 Å². The monoisotopic (exact) mass is 263 g/mol. The highest BCUT2D eigenvalue weighted by atomic mass is 16.4. The van der Waals surface area contributed by atoms with Gasteiger partial charge in [0.05, 0.1) is 5.69 Å². The van der Waals surface area contributed by atoms with Crippen LogP contribution >= 0.6 is 0 Å². The SMILES string of the molecule is O=C(O)Nc1ccccc1-c1ccc2ccccc2c1. The molecule has 1 amide bonds. The maximum absolute atomic E-state index is 10.9. The van der Waals surface area contributed by atoms with Crippen LogP contribution < -0.4 is 5.32 Å². The molecule has 3 aromatic rings. The molecule has 0 spiro atoms. The van der Waals surface area contributed by atoms with Crippen LogP contribution in [0.2, 0.25) is 0 Å². The quantitative estimate of drug-likeness (QED) is 0.710. The van der Waals surface area contributed by atoms with E-state index in [1.807, 2.05) is 48.5 Å². The van der Waals surface area contributed by atoms with Crippen LogP contribution in [-0.4, -0.2) is 11.2 Å². The summed E-state index contributed by atoms with van der Waals surface area (Å²) in [6.07, 6.45) is -1.06. The number of hydrogen-bond donors (Lipinski definition) is 2. The fourth-order valence-electron chi connectivity index (χ4n) is 2.32. The Bertz CT molecular complexity index is 781.